The molecule has 0 unspecified atom stereocenters. The molecule has 2 aromatic rings. The van der Waals surface area contributed by atoms with Crippen LogP contribution in [0.1, 0.15) is 36.1 Å². The molecule has 3 rings (SSSR count). The Hall–Kier alpha value is -2.09. The lowest BCUT2D eigenvalue weighted by Crippen LogP contribution is -2.31. The first-order valence-corrected chi connectivity index (χ1v) is 9.36. The van der Waals surface area contributed by atoms with Crippen LogP contribution in [-0.4, -0.2) is 28.6 Å². The topological polar surface area (TPSA) is 37.6 Å². The Morgan fingerprint density at radius 2 is 1.69 bits per heavy atom. The number of halogens is 3. The molecule has 0 bridgehead atoms. The largest absolute Gasteiger partial charge is 0.416 e. The number of urea groups is 1. The Bertz CT molecular complexity index is 829. The van der Waals surface area contributed by atoms with Gasteiger partial charge in [0.15, 0.2) is 4.80 Å². The Morgan fingerprint density at radius 1 is 1.08 bits per heavy atom. The molecule has 2 amide bonds. The molecule has 2 heterocycles. The SMILES string of the molecule is Cc1cn(-c2ccc(C(F)(F)F)cc2)/c(=N/C(=O)N2CCCCCC2)s1. The van der Waals surface area contributed by atoms with Crippen molar-refractivity contribution in [1.82, 2.24) is 9.47 Å². The van der Waals surface area contributed by atoms with Gasteiger partial charge in [0.2, 0.25) is 0 Å². The van der Waals surface area contributed by atoms with E-state index in [9.17, 15) is 18.0 Å². The smallest absolute Gasteiger partial charge is 0.323 e. The average Bonchev–Trinajstić information content (AvgIpc) is 2.80. The predicted molar refractivity (Wildman–Crippen MR) is 94.4 cm³/mol. The molecule has 26 heavy (non-hydrogen) atoms. The van der Waals surface area contributed by atoms with E-state index in [0.717, 1.165) is 42.7 Å². The lowest BCUT2D eigenvalue weighted by atomic mass is 10.2. The maximum Gasteiger partial charge on any atom is 0.416 e. The number of hydrogen-bond donors (Lipinski definition) is 0. The van der Waals surface area contributed by atoms with Crippen molar-refractivity contribution in [2.24, 2.45) is 4.99 Å². The zero-order chi connectivity index (χ0) is 18.7. The van der Waals surface area contributed by atoms with Crippen molar-refractivity contribution < 1.29 is 18.0 Å². The number of carbonyl (C=O) groups is 1. The van der Waals surface area contributed by atoms with E-state index in [2.05, 4.69) is 4.99 Å². The molecule has 0 atom stereocenters. The third-order valence-electron chi connectivity index (χ3n) is 4.31. The molecule has 8 heteroatoms. The lowest BCUT2D eigenvalue weighted by molar-refractivity contribution is -0.137. The van der Waals surface area contributed by atoms with Crippen LogP contribution in [0.4, 0.5) is 18.0 Å². The van der Waals surface area contributed by atoms with Crippen molar-refractivity contribution in [2.45, 2.75) is 38.8 Å². The van der Waals surface area contributed by atoms with Gasteiger partial charge < -0.3 is 4.90 Å². The third kappa shape index (κ3) is 4.35. The summed E-state index contributed by atoms with van der Waals surface area (Å²) in [5.41, 5.74) is -0.155. The molecule has 1 aliphatic heterocycles. The molecule has 1 aliphatic rings. The van der Waals surface area contributed by atoms with E-state index in [4.69, 9.17) is 0 Å². The van der Waals surface area contributed by atoms with Crippen molar-refractivity contribution in [1.29, 1.82) is 0 Å². The van der Waals surface area contributed by atoms with Gasteiger partial charge in [0.05, 0.1) is 5.56 Å². The fourth-order valence-corrected chi connectivity index (χ4v) is 3.77. The van der Waals surface area contributed by atoms with Crippen LogP contribution in [0, 0.1) is 6.92 Å². The maximum absolute atomic E-state index is 12.7. The molecule has 1 aromatic heterocycles. The van der Waals surface area contributed by atoms with Crippen LogP contribution in [0.3, 0.4) is 0 Å². The highest BCUT2D eigenvalue weighted by Crippen LogP contribution is 2.29. The van der Waals surface area contributed by atoms with E-state index in [1.54, 1.807) is 15.7 Å². The van der Waals surface area contributed by atoms with E-state index in [0.29, 0.717) is 23.6 Å². The van der Waals surface area contributed by atoms with Gasteiger partial charge in [-0.1, -0.05) is 12.8 Å². The number of benzene rings is 1. The van der Waals surface area contributed by atoms with Gasteiger partial charge in [0.25, 0.3) is 0 Å². The normalized spacial score (nSPS) is 16.6. The monoisotopic (exact) mass is 383 g/mol. The second kappa shape index (κ2) is 7.65. The van der Waals surface area contributed by atoms with Gasteiger partial charge in [-0.25, -0.2) is 4.79 Å². The molecule has 1 aromatic carbocycles. The molecule has 1 saturated heterocycles. The summed E-state index contributed by atoms with van der Waals surface area (Å²) in [6.07, 6.45) is 1.60. The highest BCUT2D eigenvalue weighted by atomic mass is 32.1. The highest BCUT2D eigenvalue weighted by Gasteiger charge is 2.30. The van der Waals surface area contributed by atoms with Gasteiger partial charge in [-0.3, -0.25) is 4.57 Å². The Balaban J connectivity index is 1.91. The summed E-state index contributed by atoms with van der Waals surface area (Å²) in [5, 5.41) is 0. The quantitative estimate of drug-likeness (QED) is 0.699. The first-order valence-electron chi connectivity index (χ1n) is 8.55. The summed E-state index contributed by atoms with van der Waals surface area (Å²) in [6.45, 7) is 3.28. The number of aryl methyl sites for hydroxylation is 1. The van der Waals surface area contributed by atoms with Crippen LogP contribution in [0.2, 0.25) is 0 Å². The van der Waals surface area contributed by atoms with E-state index in [-0.39, 0.29) is 6.03 Å². The molecule has 1 fully saturated rings. The van der Waals surface area contributed by atoms with Crippen LogP contribution in [0.25, 0.3) is 5.69 Å². The Morgan fingerprint density at radius 3 is 2.27 bits per heavy atom. The lowest BCUT2D eigenvalue weighted by Gasteiger charge is -2.16. The summed E-state index contributed by atoms with van der Waals surface area (Å²) in [4.78, 5) is 19.9. The van der Waals surface area contributed by atoms with E-state index < -0.39 is 11.7 Å². The molecule has 4 nitrogen and oxygen atoms in total. The van der Waals surface area contributed by atoms with Crippen molar-refractivity contribution in [2.75, 3.05) is 13.1 Å². The van der Waals surface area contributed by atoms with Crippen LogP contribution in [0.5, 0.6) is 0 Å². The van der Waals surface area contributed by atoms with Crippen molar-refractivity contribution in [3.63, 3.8) is 0 Å². The zero-order valence-electron chi connectivity index (χ0n) is 14.4. The standard InChI is InChI=1S/C18H20F3N3OS/c1-13-12-24(15-8-6-14(7-9-15)18(19,20)21)17(26-13)22-16(25)23-10-4-2-3-5-11-23/h6-9,12H,2-5,10-11H2,1H3/b22-17-. The number of alkyl halides is 3. The molecular formula is C18H20F3N3OS. The van der Waals surface area contributed by atoms with Gasteiger partial charge in [-0.15, -0.1) is 11.3 Å². The van der Waals surface area contributed by atoms with Gasteiger partial charge in [0, 0.05) is 29.9 Å². The second-order valence-corrected chi connectivity index (χ2v) is 7.55. The van der Waals surface area contributed by atoms with Crippen LogP contribution in [0.15, 0.2) is 35.5 Å². The summed E-state index contributed by atoms with van der Waals surface area (Å²) in [7, 11) is 0. The number of thiazole rings is 1. The predicted octanol–water partition coefficient (Wildman–Crippen LogP) is 4.76. The number of nitrogens with zero attached hydrogens (tertiary/aromatic N) is 3. The number of carbonyl (C=O) groups excluding carboxylic acids is 1. The van der Waals surface area contributed by atoms with Crippen molar-refractivity contribution in [3.05, 3.63) is 45.7 Å². The summed E-state index contributed by atoms with van der Waals surface area (Å²) >= 11 is 1.34. The number of likely N-dealkylation sites (tertiary alicyclic amines) is 1. The molecule has 0 saturated carbocycles. The van der Waals surface area contributed by atoms with Gasteiger partial charge in [-0.05, 0) is 44.0 Å². The summed E-state index contributed by atoms with van der Waals surface area (Å²) in [5.74, 6) is 0. The van der Waals surface area contributed by atoms with E-state index in [1.807, 2.05) is 6.92 Å². The zero-order valence-corrected chi connectivity index (χ0v) is 15.2. The number of aromatic nitrogens is 1. The number of hydrogen-bond acceptors (Lipinski definition) is 2. The fraction of sp³-hybridized carbons (Fsp3) is 0.444. The first kappa shape index (κ1) is 18.7. The van der Waals surface area contributed by atoms with Crippen LogP contribution < -0.4 is 4.80 Å². The minimum atomic E-state index is -4.37. The summed E-state index contributed by atoms with van der Waals surface area (Å²) in [6, 6.07) is 4.58. The second-order valence-electron chi connectivity index (χ2n) is 6.33. The molecule has 0 radical (unpaired) electrons. The molecule has 0 N–H and O–H groups in total. The van der Waals surface area contributed by atoms with Crippen molar-refractivity contribution in [3.8, 4) is 5.69 Å². The minimum absolute atomic E-state index is 0.283. The molecule has 0 aliphatic carbocycles. The highest BCUT2D eigenvalue weighted by molar-refractivity contribution is 7.09. The Labute approximate surface area is 153 Å². The number of rotatable bonds is 1. The van der Waals surface area contributed by atoms with Gasteiger partial charge in [0.1, 0.15) is 0 Å². The average molecular weight is 383 g/mol. The van der Waals surface area contributed by atoms with Crippen LogP contribution in [-0.2, 0) is 6.18 Å². The molecule has 140 valence electrons. The molecular weight excluding hydrogens is 363 g/mol. The van der Waals surface area contributed by atoms with Crippen LogP contribution >= 0.6 is 11.3 Å². The number of amides is 2. The van der Waals surface area contributed by atoms with E-state index >= 15 is 0 Å². The fourth-order valence-electron chi connectivity index (χ4n) is 2.94. The Kier molecular flexibility index (Phi) is 5.50. The van der Waals surface area contributed by atoms with Gasteiger partial charge in [-0.2, -0.15) is 18.2 Å². The first-order chi connectivity index (χ1) is 12.3. The van der Waals surface area contributed by atoms with Crippen molar-refractivity contribution >= 4 is 17.4 Å². The van der Waals surface area contributed by atoms with E-state index in [1.165, 1.54) is 23.5 Å². The third-order valence-corrected chi connectivity index (χ3v) is 5.21. The minimum Gasteiger partial charge on any atom is -0.323 e. The molecule has 0 spiro atoms. The van der Waals surface area contributed by atoms with Gasteiger partial charge >= 0.3 is 12.2 Å². The maximum atomic E-state index is 12.7. The summed E-state index contributed by atoms with van der Waals surface area (Å²) < 4.78 is 39.9.